The molecule has 0 saturated heterocycles. The van der Waals surface area contributed by atoms with E-state index in [1.807, 2.05) is 0 Å². The van der Waals surface area contributed by atoms with E-state index in [2.05, 4.69) is 55.4 Å². The first kappa shape index (κ1) is 33.1. The number of hydrogen-bond donors (Lipinski definition) is 0. The highest BCUT2D eigenvalue weighted by Gasteiger charge is 2.51. The van der Waals surface area contributed by atoms with Gasteiger partial charge in [0.1, 0.15) is 0 Å². The summed E-state index contributed by atoms with van der Waals surface area (Å²) in [6.07, 6.45) is 18.9. The van der Waals surface area contributed by atoms with Crippen molar-refractivity contribution in [2.45, 2.75) is 183 Å². The molecule has 0 aliphatic heterocycles. The first-order chi connectivity index (χ1) is 15.8. The maximum absolute atomic E-state index is 6.69. The van der Waals surface area contributed by atoms with E-state index in [0.29, 0.717) is 0 Å². The lowest BCUT2D eigenvalue weighted by Crippen LogP contribution is -2.56. The van der Waals surface area contributed by atoms with Crippen LogP contribution in [0.1, 0.15) is 158 Å². The molecule has 0 aromatic carbocycles. The molecule has 5 heteroatoms. The zero-order valence-corrected chi connectivity index (χ0v) is 24.8. The molecule has 0 amide bonds. The van der Waals surface area contributed by atoms with Crippen molar-refractivity contribution >= 4 is 9.05 Å². The summed E-state index contributed by atoms with van der Waals surface area (Å²) in [7, 11) is -3.29. The molecular weight excluding hydrogens is 428 g/mol. The van der Waals surface area contributed by atoms with Gasteiger partial charge in [0.05, 0.1) is 0 Å². The Balaban J connectivity index is 5.51. The van der Waals surface area contributed by atoms with Gasteiger partial charge in [0, 0.05) is 24.4 Å². The van der Waals surface area contributed by atoms with E-state index in [9.17, 15) is 0 Å². The van der Waals surface area contributed by atoms with Gasteiger partial charge in [-0.25, -0.2) is 0 Å². The van der Waals surface area contributed by atoms with E-state index in [-0.39, 0.29) is 24.4 Å². The van der Waals surface area contributed by atoms with Crippen molar-refractivity contribution in [1.82, 2.24) is 0 Å². The molecule has 4 atom stereocenters. The molecule has 0 aromatic rings. The Morgan fingerprint density at radius 2 is 0.606 bits per heavy atom. The molecule has 0 heterocycles. The van der Waals surface area contributed by atoms with E-state index in [0.717, 1.165) is 25.7 Å². The molecule has 0 aliphatic rings. The van der Waals surface area contributed by atoms with Crippen LogP contribution in [0.2, 0.25) is 0 Å². The molecule has 200 valence electrons. The maximum Gasteiger partial charge on any atom is 0.680 e. The van der Waals surface area contributed by atoms with Crippen LogP contribution in [0, 0.1) is 0 Å². The van der Waals surface area contributed by atoms with Gasteiger partial charge in [-0.05, 0) is 53.4 Å². The van der Waals surface area contributed by atoms with Crippen molar-refractivity contribution in [3.63, 3.8) is 0 Å². The van der Waals surface area contributed by atoms with Gasteiger partial charge >= 0.3 is 9.05 Å². The average Bonchev–Trinajstić information content (AvgIpc) is 2.74. The highest BCUT2D eigenvalue weighted by atomic mass is 28.4. The molecule has 4 nitrogen and oxygen atoms in total. The lowest BCUT2D eigenvalue weighted by molar-refractivity contribution is -0.100. The smallest absolute Gasteiger partial charge is 0.348 e. The van der Waals surface area contributed by atoms with Gasteiger partial charge in [0.25, 0.3) is 0 Å². The quantitative estimate of drug-likeness (QED) is 0.100. The first-order valence-corrected chi connectivity index (χ1v) is 16.2. The summed E-state index contributed by atoms with van der Waals surface area (Å²) in [6.45, 7) is 17.6. The Morgan fingerprint density at radius 3 is 0.788 bits per heavy atom. The SMILES string of the molecule is CCCCCC(C)O[Si](OC(C)CCCCC)(OC(C)CCCCC)OC(C)CCCCC. The van der Waals surface area contributed by atoms with Crippen LogP contribution in [0.5, 0.6) is 0 Å². The summed E-state index contributed by atoms with van der Waals surface area (Å²) in [5, 5.41) is 0. The molecule has 0 aliphatic carbocycles. The van der Waals surface area contributed by atoms with Crippen molar-refractivity contribution in [2.24, 2.45) is 0 Å². The average molecular weight is 489 g/mol. The highest BCUT2D eigenvalue weighted by Crippen LogP contribution is 2.27. The fourth-order valence-corrected chi connectivity index (χ4v) is 6.89. The molecule has 0 saturated carbocycles. The molecule has 0 aromatic heterocycles. The Bertz CT molecular complexity index is 343. The van der Waals surface area contributed by atoms with Gasteiger partial charge in [0.2, 0.25) is 0 Å². The third-order valence-electron chi connectivity index (χ3n) is 6.24. The first-order valence-electron chi connectivity index (χ1n) is 14.5. The van der Waals surface area contributed by atoms with Crippen LogP contribution in [-0.4, -0.2) is 33.5 Å². The van der Waals surface area contributed by atoms with Crippen molar-refractivity contribution in [3.8, 4) is 0 Å². The number of unbranched alkanes of at least 4 members (excludes halogenated alkanes) is 8. The van der Waals surface area contributed by atoms with Gasteiger partial charge in [-0.2, -0.15) is 0 Å². The maximum atomic E-state index is 6.69. The topological polar surface area (TPSA) is 36.9 Å². The zero-order valence-electron chi connectivity index (χ0n) is 23.8. The Labute approximate surface area is 209 Å². The third kappa shape index (κ3) is 18.0. The minimum absolute atomic E-state index is 0.0803. The van der Waals surface area contributed by atoms with Crippen LogP contribution in [0.4, 0.5) is 0 Å². The Hall–Kier alpha value is 0.0569. The van der Waals surface area contributed by atoms with Gasteiger partial charge in [-0.3, -0.25) is 0 Å². The predicted octanol–water partition coefficient (Wildman–Crippen LogP) is 9.36. The lowest BCUT2D eigenvalue weighted by atomic mass is 10.1. The molecule has 0 radical (unpaired) electrons. The van der Waals surface area contributed by atoms with Gasteiger partial charge in [-0.15, -0.1) is 0 Å². The van der Waals surface area contributed by atoms with Crippen LogP contribution in [-0.2, 0) is 17.7 Å². The van der Waals surface area contributed by atoms with Crippen molar-refractivity contribution < 1.29 is 17.7 Å². The fourth-order valence-electron chi connectivity index (χ4n) is 4.12. The molecular formula is C28H60O4Si. The summed E-state index contributed by atoms with van der Waals surface area (Å²) in [5.74, 6) is 0. The van der Waals surface area contributed by atoms with Crippen LogP contribution in [0.15, 0.2) is 0 Å². The zero-order chi connectivity index (χ0) is 25.0. The van der Waals surface area contributed by atoms with E-state index < -0.39 is 9.05 Å². The molecule has 0 spiro atoms. The molecule has 33 heavy (non-hydrogen) atoms. The standard InChI is InChI=1S/C28H60O4Si/c1-9-13-17-21-25(5)29-33(30-26(6)22-18-14-10-2,31-27(7)23-19-15-11-3)32-28(8)24-20-16-12-4/h25-28H,9-24H2,1-8H3. The van der Waals surface area contributed by atoms with E-state index >= 15 is 0 Å². The largest absolute Gasteiger partial charge is 0.680 e. The molecule has 0 rings (SSSR count). The second kappa shape index (κ2) is 21.3. The Morgan fingerprint density at radius 1 is 0.394 bits per heavy atom. The molecule has 0 fully saturated rings. The summed E-state index contributed by atoms with van der Waals surface area (Å²) >= 11 is 0. The van der Waals surface area contributed by atoms with E-state index in [4.69, 9.17) is 17.7 Å². The predicted molar refractivity (Wildman–Crippen MR) is 145 cm³/mol. The summed E-state index contributed by atoms with van der Waals surface area (Å²) in [5.41, 5.74) is 0. The Kier molecular flexibility index (Phi) is 21.4. The number of hydrogen-bond acceptors (Lipinski definition) is 4. The third-order valence-corrected chi connectivity index (χ3v) is 9.00. The molecule has 0 N–H and O–H groups in total. The van der Waals surface area contributed by atoms with Crippen molar-refractivity contribution in [2.75, 3.05) is 0 Å². The van der Waals surface area contributed by atoms with Gasteiger partial charge in [0.15, 0.2) is 0 Å². The summed E-state index contributed by atoms with van der Waals surface area (Å²) in [6, 6.07) is 0. The highest BCUT2D eigenvalue weighted by molar-refractivity contribution is 6.53. The minimum Gasteiger partial charge on any atom is -0.348 e. The minimum atomic E-state index is -3.29. The van der Waals surface area contributed by atoms with Gasteiger partial charge in [-0.1, -0.05) is 105 Å². The summed E-state index contributed by atoms with van der Waals surface area (Å²) in [4.78, 5) is 0. The van der Waals surface area contributed by atoms with Crippen LogP contribution >= 0.6 is 0 Å². The second-order valence-corrected chi connectivity index (χ2v) is 12.1. The molecule has 4 unspecified atom stereocenters. The van der Waals surface area contributed by atoms with Crippen molar-refractivity contribution in [3.05, 3.63) is 0 Å². The molecule has 0 bridgehead atoms. The van der Waals surface area contributed by atoms with Crippen LogP contribution in [0.3, 0.4) is 0 Å². The normalized spacial score (nSPS) is 17.5. The fraction of sp³-hybridized carbons (Fsp3) is 1.00. The van der Waals surface area contributed by atoms with Crippen molar-refractivity contribution in [1.29, 1.82) is 0 Å². The van der Waals surface area contributed by atoms with E-state index in [1.54, 1.807) is 0 Å². The number of rotatable bonds is 24. The second-order valence-electron chi connectivity index (χ2n) is 10.2. The lowest BCUT2D eigenvalue weighted by Gasteiger charge is -2.36. The monoisotopic (exact) mass is 488 g/mol. The van der Waals surface area contributed by atoms with Gasteiger partial charge < -0.3 is 17.7 Å². The summed E-state index contributed by atoms with van der Waals surface area (Å²) < 4.78 is 26.8. The van der Waals surface area contributed by atoms with Crippen LogP contribution < -0.4 is 0 Å². The van der Waals surface area contributed by atoms with E-state index in [1.165, 1.54) is 77.0 Å². The van der Waals surface area contributed by atoms with Crippen LogP contribution in [0.25, 0.3) is 0 Å².